The smallest absolute Gasteiger partial charge is 0.138 e. The molecule has 0 radical (unpaired) electrons. The molecule has 0 aliphatic rings. The number of aliphatic hydroxyl groups is 1. The summed E-state index contributed by atoms with van der Waals surface area (Å²) in [7, 11) is 0. The maximum absolute atomic E-state index is 10.5. The van der Waals surface area contributed by atoms with Gasteiger partial charge in [-0.05, 0) is 55.7 Å². The van der Waals surface area contributed by atoms with Crippen LogP contribution in [0.5, 0.6) is 5.75 Å². The number of imidazole rings is 1. The minimum atomic E-state index is -0.543. The SMILES string of the molecule is CCCC(O)c1nc2ccccc2n1CCOc1ccc(C)c(C)c1. The zero-order chi connectivity index (χ0) is 17.8. The van der Waals surface area contributed by atoms with Crippen molar-refractivity contribution < 1.29 is 9.84 Å². The van der Waals surface area contributed by atoms with Gasteiger partial charge in [-0.25, -0.2) is 4.98 Å². The Labute approximate surface area is 149 Å². The molecular formula is C21H26N2O2. The Morgan fingerprint density at radius 3 is 2.68 bits per heavy atom. The standard InChI is InChI=1S/C21H26N2O2/c1-4-7-20(24)21-22-18-8-5-6-9-19(18)23(21)12-13-25-17-11-10-15(2)16(3)14-17/h5-6,8-11,14,20,24H,4,7,12-13H2,1-3H3. The van der Waals surface area contributed by atoms with Crippen molar-refractivity contribution in [3.8, 4) is 5.75 Å². The number of aryl methyl sites for hydroxylation is 2. The van der Waals surface area contributed by atoms with Crippen LogP contribution in [0.3, 0.4) is 0 Å². The first-order valence-electron chi connectivity index (χ1n) is 8.93. The number of ether oxygens (including phenoxy) is 1. The normalized spacial score (nSPS) is 12.5. The molecule has 0 fully saturated rings. The van der Waals surface area contributed by atoms with E-state index in [9.17, 15) is 5.11 Å². The van der Waals surface area contributed by atoms with Gasteiger partial charge in [0.15, 0.2) is 0 Å². The molecule has 4 nitrogen and oxygen atoms in total. The molecule has 0 aliphatic carbocycles. The van der Waals surface area contributed by atoms with Gasteiger partial charge in [-0.3, -0.25) is 0 Å². The van der Waals surface area contributed by atoms with E-state index < -0.39 is 6.10 Å². The number of para-hydroxylation sites is 2. The fourth-order valence-corrected chi connectivity index (χ4v) is 3.04. The van der Waals surface area contributed by atoms with Gasteiger partial charge in [0, 0.05) is 0 Å². The molecule has 1 atom stereocenters. The number of aromatic nitrogens is 2. The molecule has 1 aromatic heterocycles. The van der Waals surface area contributed by atoms with Crippen LogP contribution in [0.25, 0.3) is 11.0 Å². The third kappa shape index (κ3) is 3.85. The van der Waals surface area contributed by atoms with E-state index in [1.54, 1.807) is 0 Å². The largest absolute Gasteiger partial charge is 0.492 e. The Hall–Kier alpha value is -2.33. The first-order chi connectivity index (χ1) is 12.1. The number of hydrogen-bond acceptors (Lipinski definition) is 3. The van der Waals surface area contributed by atoms with Gasteiger partial charge in [-0.2, -0.15) is 0 Å². The second-order valence-electron chi connectivity index (χ2n) is 6.51. The van der Waals surface area contributed by atoms with Crippen molar-refractivity contribution in [2.45, 2.75) is 46.3 Å². The molecule has 0 spiro atoms. The fraction of sp³-hybridized carbons (Fsp3) is 0.381. The highest BCUT2D eigenvalue weighted by Crippen LogP contribution is 2.24. The molecule has 0 aliphatic heterocycles. The minimum absolute atomic E-state index is 0.536. The van der Waals surface area contributed by atoms with Crippen LogP contribution in [0, 0.1) is 13.8 Å². The summed E-state index contributed by atoms with van der Waals surface area (Å²) in [5.41, 5.74) is 4.44. The lowest BCUT2D eigenvalue weighted by Crippen LogP contribution is -2.14. The molecule has 4 heteroatoms. The number of aliphatic hydroxyl groups excluding tert-OH is 1. The molecular weight excluding hydrogens is 312 g/mol. The van der Waals surface area contributed by atoms with Crippen molar-refractivity contribution in [1.82, 2.24) is 9.55 Å². The van der Waals surface area contributed by atoms with Gasteiger partial charge in [-0.1, -0.05) is 31.5 Å². The lowest BCUT2D eigenvalue weighted by atomic mass is 10.1. The van der Waals surface area contributed by atoms with Gasteiger partial charge in [0.1, 0.15) is 24.3 Å². The van der Waals surface area contributed by atoms with E-state index in [0.717, 1.165) is 29.0 Å². The third-order valence-electron chi connectivity index (χ3n) is 4.61. The van der Waals surface area contributed by atoms with Crippen LogP contribution < -0.4 is 4.74 Å². The zero-order valence-electron chi connectivity index (χ0n) is 15.2. The minimum Gasteiger partial charge on any atom is -0.492 e. The Bertz CT molecular complexity index is 854. The summed E-state index contributed by atoms with van der Waals surface area (Å²) in [5.74, 6) is 1.61. The van der Waals surface area contributed by atoms with Crippen molar-refractivity contribution in [3.05, 3.63) is 59.4 Å². The summed E-state index contributed by atoms with van der Waals surface area (Å²) in [6.45, 7) is 7.44. The first-order valence-corrected chi connectivity index (χ1v) is 8.93. The Morgan fingerprint density at radius 1 is 1.12 bits per heavy atom. The van der Waals surface area contributed by atoms with Gasteiger partial charge >= 0.3 is 0 Å². The topological polar surface area (TPSA) is 47.3 Å². The summed E-state index contributed by atoms with van der Waals surface area (Å²) in [6.07, 6.45) is 1.09. The number of hydrogen-bond donors (Lipinski definition) is 1. The molecule has 0 bridgehead atoms. The summed E-state index contributed by atoms with van der Waals surface area (Å²) in [6, 6.07) is 14.1. The molecule has 0 saturated heterocycles. The van der Waals surface area contributed by atoms with Gasteiger partial charge in [0.05, 0.1) is 17.6 Å². The monoisotopic (exact) mass is 338 g/mol. The average molecular weight is 338 g/mol. The van der Waals surface area contributed by atoms with Crippen LogP contribution in [0.2, 0.25) is 0 Å². The Balaban J connectivity index is 1.79. The molecule has 1 heterocycles. The second kappa shape index (κ2) is 7.70. The number of benzene rings is 2. The van der Waals surface area contributed by atoms with Gasteiger partial charge in [-0.15, -0.1) is 0 Å². The summed E-state index contributed by atoms with van der Waals surface area (Å²) < 4.78 is 8.01. The maximum atomic E-state index is 10.5. The maximum Gasteiger partial charge on any atom is 0.138 e. The quantitative estimate of drug-likeness (QED) is 0.687. The van der Waals surface area contributed by atoms with Crippen LogP contribution in [-0.2, 0) is 6.54 Å². The Morgan fingerprint density at radius 2 is 1.92 bits per heavy atom. The predicted octanol–water partition coefficient (Wildman–Crippen LogP) is 4.57. The van der Waals surface area contributed by atoms with E-state index in [2.05, 4.69) is 42.5 Å². The highest BCUT2D eigenvalue weighted by molar-refractivity contribution is 5.76. The van der Waals surface area contributed by atoms with Crippen LogP contribution in [0.15, 0.2) is 42.5 Å². The first kappa shape index (κ1) is 17.5. The fourth-order valence-electron chi connectivity index (χ4n) is 3.04. The van der Waals surface area contributed by atoms with Gasteiger partial charge in [0.2, 0.25) is 0 Å². The lowest BCUT2D eigenvalue weighted by molar-refractivity contribution is 0.151. The van der Waals surface area contributed by atoms with Crippen LogP contribution in [0.4, 0.5) is 0 Å². The summed E-state index contributed by atoms with van der Waals surface area (Å²) in [5, 5.41) is 10.5. The molecule has 1 N–H and O–H groups in total. The van der Waals surface area contributed by atoms with Crippen molar-refractivity contribution in [3.63, 3.8) is 0 Å². The highest BCUT2D eigenvalue weighted by Gasteiger charge is 2.17. The van der Waals surface area contributed by atoms with Crippen LogP contribution in [0.1, 0.15) is 42.8 Å². The van der Waals surface area contributed by atoms with Crippen LogP contribution >= 0.6 is 0 Å². The van der Waals surface area contributed by atoms with Gasteiger partial charge < -0.3 is 14.4 Å². The van der Waals surface area contributed by atoms with E-state index >= 15 is 0 Å². The molecule has 2 aromatic carbocycles. The predicted molar refractivity (Wildman–Crippen MR) is 101 cm³/mol. The average Bonchev–Trinajstić information content (AvgIpc) is 2.97. The summed E-state index contributed by atoms with van der Waals surface area (Å²) in [4.78, 5) is 4.64. The molecule has 0 amide bonds. The molecule has 1 unspecified atom stereocenters. The number of rotatable bonds is 7. The molecule has 25 heavy (non-hydrogen) atoms. The van der Waals surface area contributed by atoms with Crippen molar-refractivity contribution in [1.29, 1.82) is 0 Å². The molecule has 3 aromatic rings. The van der Waals surface area contributed by atoms with Gasteiger partial charge in [0.25, 0.3) is 0 Å². The van der Waals surface area contributed by atoms with Crippen molar-refractivity contribution >= 4 is 11.0 Å². The molecule has 3 rings (SSSR count). The lowest BCUT2D eigenvalue weighted by Gasteiger charge is -2.14. The molecule has 0 saturated carbocycles. The zero-order valence-corrected chi connectivity index (χ0v) is 15.2. The summed E-state index contributed by atoms with van der Waals surface area (Å²) >= 11 is 0. The highest BCUT2D eigenvalue weighted by atomic mass is 16.5. The second-order valence-corrected chi connectivity index (χ2v) is 6.51. The van der Waals surface area contributed by atoms with E-state index in [1.165, 1.54) is 11.1 Å². The van der Waals surface area contributed by atoms with E-state index in [1.807, 2.05) is 30.3 Å². The van der Waals surface area contributed by atoms with Crippen molar-refractivity contribution in [2.24, 2.45) is 0 Å². The van der Waals surface area contributed by atoms with Crippen LogP contribution in [-0.4, -0.2) is 21.3 Å². The molecule has 132 valence electrons. The van der Waals surface area contributed by atoms with E-state index in [4.69, 9.17) is 4.74 Å². The Kier molecular flexibility index (Phi) is 5.39. The van der Waals surface area contributed by atoms with E-state index in [-0.39, 0.29) is 0 Å². The number of fused-ring (bicyclic) bond motifs is 1. The third-order valence-corrected chi connectivity index (χ3v) is 4.61. The number of nitrogens with zero attached hydrogens (tertiary/aromatic N) is 2. The van der Waals surface area contributed by atoms with E-state index in [0.29, 0.717) is 19.6 Å². The van der Waals surface area contributed by atoms with Crippen molar-refractivity contribution in [2.75, 3.05) is 6.61 Å².